The molecule has 166 valence electrons. The summed E-state index contributed by atoms with van der Waals surface area (Å²) in [4.78, 5) is 14.0. The van der Waals surface area contributed by atoms with E-state index in [9.17, 15) is 9.18 Å². The van der Waals surface area contributed by atoms with Crippen molar-refractivity contribution in [2.24, 2.45) is 0 Å². The Morgan fingerprint density at radius 3 is 2.75 bits per heavy atom. The molecule has 3 heterocycles. The number of halogens is 1. The highest BCUT2D eigenvalue weighted by Gasteiger charge is 2.25. The van der Waals surface area contributed by atoms with Gasteiger partial charge in [-0.3, -0.25) is 0 Å². The van der Waals surface area contributed by atoms with Gasteiger partial charge >= 0.3 is 5.63 Å². The Balaban J connectivity index is 1.11. The average molecular weight is 436 g/mol. The van der Waals surface area contributed by atoms with Crippen LogP contribution in [0.1, 0.15) is 36.4 Å². The number of likely N-dealkylation sites (tertiary alicyclic amines) is 1. The lowest BCUT2D eigenvalue weighted by Crippen LogP contribution is -2.34. The molecular weight excluding hydrogens is 411 g/mol. The molecule has 6 nitrogen and oxygen atoms in total. The Kier molecular flexibility index (Phi) is 5.66. The van der Waals surface area contributed by atoms with Gasteiger partial charge in [0.15, 0.2) is 5.58 Å². The van der Waals surface area contributed by atoms with Gasteiger partial charge < -0.3 is 18.6 Å². The number of hydrogen-bond donors (Lipinski definition) is 0. The molecule has 1 fully saturated rings. The highest BCUT2D eigenvalue weighted by Crippen LogP contribution is 2.32. The summed E-state index contributed by atoms with van der Waals surface area (Å²) in [5.74, 6) is 0.741. The lowest BCUT2D eigenvalue weighted by Gasteiger charge is -2.31. The first-order valence-electron chi connectivity index (χ1n) is 11.0. The molecule has 5 rings (SSSR count). The number of fused-ring (bicyclic) bond motifs is 2. The van der Waals surface area contributed by atoms with Crippen LogP contribution in [-0.2, 0) is 0 Å². The van der Waals surface area contributed by atoms with Crippen LogP contribution in [0.25, 0.3) is 21.9 Å². The number of aromatic nitrogens is 1. The monoisotopic (exact) mass is 436 g/mol. The van der Waals surface area contributed by atoms with Gasteiger partial charge in [0.2, 0.25) is 0 Å². The number of rotatable bonds is 6. The van der Waals surface area contributed by atoms with Crippen molar-refractivity contribution in [3.8, 4) is 5.75 Å². The van der Waals surface area contributed by atoms with Crippen molar-refractivity contribution in [1.82, 2.24) is 10.1 Å². The molecule has 0 saturated carbocycles. The normalized spacial score (nSPS) is 15.6. The first-order chi connectivity index (χ1) is 15.6. The van der Waals surface area contributed by atoms with E-state index in [0.717, 1.165) is 60.9 Å². The molecule has 0 unspecified atom stereocenters. The van der Waals surface area contributed by atoms with E-state index < -0.39 is 0 Å². The zero-order chi connectivity index (χ0) is 22.1. The Bertz CT molecular complexity index is 1300. The maximum Gasteiger partial charge on any atom is 0.336 e. The highest BCUT2D eigenvalue weighted by atomic mass is 19.1. The zero-order valence-corrected chi connectivity index (χ0v) is 18.0. The number of benzene rings is 2. The average Bonchev–Trinajstić information content (AvgIpc) is 3.20. The molecule has 1 aliphatic rings. The van der Waals surface area contributed by atoms with Gasteiger partial charge in [0.1, 0.15) is 17.1 Å². The molecule has 0 N–H and O–H groups in total. The Morgan fingerprint density at radius 2 is 1.91 bits per heavy atom. The molecule has 1 aliphatic heterocycles. The van der Waals surface area contributed by atoms with Gasteiger partial charge in [-0.05, 0) is 69.1 Å². The van der Waals surface area contributed by atoms with Gasteiger partial charge in [0.25, 0.3) is 0 Å². The molecule has 7 heteroatoms. The first kappa shape index (κ1) is 20.7. The van der Waals surface area contributed by atoms with Gasteiger partial charge in [0, 0.05) is 41.4 Å². The van der Waals surface area contributed by atoms with Gasteiger partial charge in [-0.2, -0.15) is 0 Å². The van der Waals surface area contributed by atoms with Crippen molar-refractivity contribution >= 4 is 21.9 Å². The minimum absolute atomic E-state index is 0.305. The molecule has 2 aromatic carbocycles. The molecule has 0 atom stereocenters. The quantitative estimate of drug-likeness (QED) is 0.312. The predicted molar refractivity (Wildman–Crippen MR) is 120 cm³/mol. The zero-order valence-electron chi connectivity index (χ0n) is 18.0. The Morgan fingerprint density at radius 1 is 1.09 bits per heavy atom. The minimum atomic E-state index is -0.346. The second-order valence-electron chi connectivity index (χ2n) is 8.43. The van der Waals surface area contributed by atoms with Crippen LogP contribution in [0.3, 0.4) is 0 Å². The first-order valence-corrected chi connectivity index (χ1v) is 11.0. The molecule has 2 aromatic heterocycles. The van der Waals surface area contributed by atoms with Crippen LogP contribution in [0.15, 0.2) is 56.2 Å². The van der Waals surface area contributed by atoms with E-state index in [-0.39, 0.29) is 11.4 Å². The Hall–Kier alpha value is -3.19. The van der Waals surface area contributed by atoms with Crippen LogP contribution in [0.5, 0.6) is 5.75 Å². The summed E-state index contributed by atoms with van der Waals surface area (Å²) in [6.07, 6.45) is 2.92. The van der Waals surface area contributed by atoms with Crippen LogP contribution < -0.4 is 10.4 Å². The van der Waals surface area contributed by atoms with E-state index in [0.29, 0.717) is 29.4 Å². The topological polar surface area (TPSA) is 68.7 Å². The molecular formula is C25H25FN2O4. The molecule has 0 radical (unpaired) electrons. The van der Waals surface area contributed by atoms with Crippen molar-refractivity contribution in [1.29, 1.82) is 0 Å². The Labute approximate surface area is 184 Å². The predicted octanol–water partition coefficient (Wildman–Crippen LogP) is 5.03. The third-order valence-electron chi connectivity index (χ3n) is 6.25. The van der Waals surface area contributed by atoms with Crippen LogP contribution in [0.2, 0.25) is 0 Å². The van der Waals surface area contributed by atoms with Crippen molar-refractivity contribution in [3.05, 3.63) is 70.0 Å². The maximum absolute atomic E-state index is 13.4. The fourth-order valence-electron chi connectivity index (χ4n) is 4.53. The molecule has 0 amide bonds. The molecule has 32 heavy (non-hydrogen) atoms. The highest BCUT2D eigenvalue weighted by molar-refractivity contribution is 5.81. The summed E-state index contributed by atoms with van der Waals surface area (Å²) in [5.41, 5.74) is 2.57. The lowest BCUT2D eigenvalue weighted by molar-refractivity contribution is 0.191. The molecule has 1 saturated heterocycles. The second kappa shape index (κ2) is 8.74. The van der Waals surface area contributed by atoms with Crippen molar-refractivity contribution < 1.29 is 18.1 Å². The second-order valence-corrected chi connectivity index (χ2v) is 8.43. The molecule has 0 spiro atoms. The van der Waals surface area contributed by atoms with Gasteiger partial charge in [-0.15, -0.1) is 0 Å². The molecule has 0 aliphatic carbocycles. The summed E-state index contributed by atoms with van der Waals surface area (Å²) in [5, 5.41) is 6.06. The van der Waals surface area contributed by atoms with E-state index in [1.807, 2.05) is 19.1 Å². The number of ether oxygens (including phenoxy) is 1. The van der Waals surface area contributed by atoms with E-state index in [1.54, 1.807) is 12.1 Å². The fraction of sp³-hybridized carbons (Fsp3) is 0.360. The van der Waals surface area contributed by atoms with Gasteiger partial charge in [-0.1, -0.05) is 5.16 Å². The summed E-state index contributed by atoms with van der Waals surface area (Å²) < 4.78 is 29.9. The summed E-state index contributed by atoms with van der Waals surface area (Å²) in [7, 11) is 0. The smallest absolute Gasteiger partial charge is 0.336 e. The summed E-state index contributed by atoms with van der Waals surface area (Å²) in [6, 6.07) is 11.7. The molecule has 4 aromatic rings. The van der Waals surface area contributed by atoms with Crippen molar-refractivity contribution in [2.75, 3.05) is 26.2 Å². The number of nitrogens with zero attached hydrogens (tertiary/aromatic N) is 2. The third-order valence-corrected chi connectivity index (χ3v) is 6.25. The van der Waals surface area contributed by atoms with E-state index in [2.05, 4.69) is 10.1 Å². The van der Waals surface area contributed by atoms with E-state index >= 15 is 0 Å². The summed E-state index contributed by atoms with van der Waals surface area (Å²) >= 11 is 0. The van der Waals surface area contributed by atoms with Crippen LogP contribution in [-0.4, -0.2) is 36.3 Å². The number of piperidine rings is 1. The van der Waals surface area contributed by atoms with Crippen LogP contribution in [0.4, 0.5) is 4.39 Å². The van der Waals surface area contributed by atoms with Crippen LogP contribution >= 0.6 is 0 Å². The van der Waals surface area contributed by atoms with Gasteiger partial charge in [0.05, 0.1) is 12.3 Å². The summed E-state index contributed by atoms with van der Waals surface area (Å²) in [6.45, 7) is 5.43. The van der Waals surface area contributed by atoms with E-state index in [1.165, 1.54) is 18.2 Å². The maximum atomic E-state index is 13.4. The number of hydrogen-bond acceptors (Lipinski definition) is 6. The van der Waals surface area contributed by atoms with Crippen LogP contribution in [0, 0.1) is 12.7 Å². The standard InChI is InChI=1S/C25H25FN2O4/c1-16-13-24(29)31-22-15-19(4-6-20(16)22)30-12-2-9-28-10-7-17(8-11-28)25-21-5-3-18(26)14-23(21)32-27-25/h3-6,13-15,17H,2,7-12H2,1H3. The fourth-order valence-corrected chi connectivity index (χ4v) is 4.53. The van der Waals surface area contributed by atoms with Crippen molar-refractivity contribution in [2.45, 2.75) is 32.1 Å². The third kappa shape index (κ3) is 4.25. The largest absolute Gasteiger partial charge is 0.493 e. The molecule has 0 bridgehead atoms. The lowest BCUT2D eigenvalue weighted by atomic mass is 9.91. The van der Waals surface area contributed by atoms with Gasteiger partial charge in [-0.25, -0.2) is 9.18 Å². The van der Waals surface area contributed by atoms with Crippen molar-refractivity contribution in [3.63, 3.8) is 0 Å². The van der Waals surface area contributed by atoms with E-state index in [4.69, 9.17) is 13.7 Å². The number of aryl methyl sites for hydroxylation is 1. The minimum Gasteiger partial charge on any atom is -0.493 e. The SMILES string of the molecule is Cc1cc(=O)oc2cc(OCCCN3CCC(c4noc5cc(F)ccc45)CC3)ccc12.